The fourth-order valence-corrected chi connectivity index (χ4v) is 5.00. The Kier molecular flexibility index (Phi) is 41.9. The summed E-state index contributed by atoms with van der Waals surface area (Å²) in [6.45, 7) is 0. The van der Waals surface area contributed by atoms with Gasteiger partial charge in [0.05, 0.1) is 89.9 Å². The third-order valence-electron chi connectivity index (χ3n) is 9.00. The zero-order chi connectivity index (χ0) is 74.5. The molecule has 0 aliphatic heterocycles. The van der Waals surface area contributed by atoms with E-state index >= 15 is 0 Å². The lowest BCUT2D eigenvalue weighted by Gasteiger charge is -2.18. The van der Waals surface area contributed by atoms with Gasteiger partial charge in [-0.05, 0) is 0 Å². The molecule has 0 radical (unpaired) electrons. The second kappa shape index (κ2) is 40.9. The van der Waals surface area contributed by atoms with Crippen molar-refractivity contribution in [3.8, 4) is 0 Å². The van der Waals surface area contributed by atoms with Crippen molar-refractivity contribution >= 4 is 125 Å². The van der Waals surface area contributed by atoms with E-state index in [0.29, 0.717) is 0 Å². The maximum Gasteiger partial charge on any atom is 0.336 e. The van der Waals surface area contributed by atoms with Crippen LogP contribution in [0.3, 0.4) is 0 Å². The molecule has 0 saturated heterocycles. The molecule has 0 unspecified atom stereocenters. The predicted molar refractivity (Wildman–Crippen MR) is 260 cm³/mol. The second-order valence-corrected chi connectivity index (χ2v) is 17.3. The molecule has 0 aromatic carbocycles. The third-order valence-corrected chi connectivity index (χ3v) is 9.00. The average Bonchev–Trinajstić information content (AvgIpc) is 3.26. The Hall–Kier alpha value is -11.4. The Morgan fingerprint density at radius 2 is 0.176 bits per heavy atom. The van der Waals surface area contributed by atoms with Crippen LogP contribution in [0.5, 0.6) is 0 Å². The minimum absolute atomic E-state index is 1.14. The summed E-state index contributed by atoms with van der Waals surface area (Å²) >= 11 is 0. The monoisotopic (exact) mass is 1340 g/mol. The van der Waals surface area contributed by atoms with Crippen LogP contribution in [0.15, 0.2) is 0 Å². The van der Waals surface area contributed by atoms with Crippen LogP contribution in [-0.4, -0.2) is 308 Å². The number of aliphatic carboxylic acids is 21. The zero-order valence-electron chi connectivity index (χ0n) is 45.0. The number of carbonyl (C=O) groups is 21. The number of hydrogen-bond donors (Lipinski definition) is 28. The van der Waals surface area contributed by atoms with Crippen LogP contribution in [0.25, 0.3) is 0 Å². The molecule has 518 valence electrons. The number of aliphatic hydroxyl groups is 7. The van der Waals surface area contributed by atoms with E-state index in [2.05, 4.69) is 0 Å². The lowest BCUT2D eigenvalue weighted by atomic mass is 9.96. The standard InChI is InChI=1S/7C6H8O7/c7*7-3(8)1-6(13,5(11)12)2-4(9)10/h7*13H,1-2H2,(H,7,8)(H,9,10)(H,11,12). The summed E-state index contributed by atoms with van der Waals surface area (Å²) in [6, 6.07) is 0. The van der Waals surface area contributed by atoms with Gasteiger partial charge < -0.3 is 143 Å². The van der Waals surface area contributed by atoms with Crippen molar-refractivity contribution in [1.82, 2.24) is 0 Å². The second-order valence-electron chi connectivity index (χ2n) is 17.3. The van der Waals surface area contributed by atoms with E-state index in [0.717, 1.165) is 0 Å². The van der Waals surface area contributed by atoms with Crippen LogP contribution in [0.2, 0.25) is 0 Å². The summed E-state index contributed by atoms with van der Waals surface area (Å²) in [6.07, 6.45) is -16.0. The van der Waals surface area contributed by atoms with Crippen LogP contribution < -0.4 is 0 Å². The van der Waals surface area contributed by atoms with Crippen molar-refractivity contribution in [2.45, 2.75) is 129 Å². The van der Waals surface area contributed by atoms with E-state index in [-0.39, 0.29) is 0 Å². The highest BCUT2D eigenvalue weighted by Crippen LogP contribution is 2.21. The highest BCUT2D eigenvalue weighted by atomic mass is 16.5. The van der Waals surface area contributed by atoms with Crippen LogP contribution >= 0.6 is 0 Å². The summed E-state index contributed by atoms with van der Waals surface area (Å²) in [5.41, 5.74) is -19.2. The molecule has 0 heterocycles. The molecule has 91 heavy (non-hydrogen) atoms. The first-order valence-electron chi connectivity index (χ1n) is 22.2. The normalized spacial score (nSPS) is 10.8. The van der Waals surface area contributed by atoms with Crippen LogP contribution in [0.1, 0.15) is 89.9 Å². The summed E-state index contributed by atoms with van der Waals surface area (Å²) in [5.74, 6) is -35.1. The lowest BCUT2D eigenvalue weighted by Crippen LogP contribution is -2.42. The lowest BCUT2D eigenvalue weighted by molar-refractivity contribution is -0.170. The minimum atomic E-state index is -2.74. The van der Waals surface area contributed by atoms with E-state index in [9.17, 15) is 101 Å². The van der Waals surface area contributed by atoms with Crippen molar-refractivity contribution in [2.75, 3.05) is 0 Å². The fourth-order valence-electron chi connectivity index (χ4n) is 5.00. The molecule has 49 nitrogen and oxygen atoms in total. The van der Waals surface area contributed by atoms with E-state index in [1.165, 1.54) is 0 Å². The Morgan fingerprint density at radius 3 is 0.198 bits per heavy atom. The molecule has 0 saturated carbocycles. The molecular weight excluding hydrogens is 1290 g/mol. The maximum atomic E-state index is 10.3. The molecule has 0 atom stereocenters. The van der Waals surface area contributed by atoms with E-state index in [1.54, 1.807) is 0 Å². The Labute approximate surface area is 497 Å². The Bertz CT molecular complexity index is 2100. The van der Waals surface area contributed by atoms with E-state index in [1.807, 2.05) is 0 Å². The number of hydrogen-bond acceptors (Lipinski definition) is 28. The van der Waals surface area contributed by atoms with E-state index < -0.39 is 254 Å². The first-order chi connectivity index (χ1) is 40.4. The zero-order valence-corrected chi connectivity index (χ0v) is 45.0. The first-order valence-corrected chi connectivity index (χ1v) is 22.2. The van der Waals surface area contributed by atoms with Gasteiger partial charge in [0.1, 0.15) is 0 Å². The maximum absolute atomic E-state index is 10.3. The topological polar surface area (TPSA) is 925 Å². The van der Waals surface area contributed by atoms with E-state index in [4.69, 9.17) is 143 Å². The highest BCUT2D eigenvalue weighted by Gasteiger charge is 2.46. The first kappa shape index (κ1) is 93.3. The molecule has 49 heteroatoms. The van der Waals surface area contributed by atoms with Crippen molar-refractivity contribution in [1.29, 1.82) is 0 Å². The van der Waals surface area contributed by atoms with Crippen LogP contribution in [0, 0.1) is 0 Å². The predicted octanol–water partition coefficient (Wildman–Crippen LogP) is -8.74. The van der Waals surface area contributed by atoms with Gasteiger partial charge in [-0.2, -0.15) is 0 Å². The highest BCUT2D eigenvalue weighted by molar-refractivity contribution is 5.92. The molecule has 0 aromatic rings. The fraction of sp³-hybridized carbons (Fsp3) is 0.500. The van der Waals surface area contributed by atoms with Gasteiger partial charge in [0.25, 0.3) is 0 Å². The molecular formula is C42H56O49. The molecule has 0 rings (SSSR count). The quantitative estimate of drug-likeness (QED) is 0.0280. The van der Waals surface area contributed by atoms with Gasteiger partial charge in [-0.3, -0.25) is 67.1 Å². The van der Waals surface area contributed by atoms with Gasteiger partial charge in [0.15, 0.2) is 39.2 Å². The van der Waals surface area contributed by atoms with Gasteiger partial charge >= 0.3 is 125 Å². The van der Waals surface area contributed by atoms with Gasteiger partial charge in [-0.15, -0.1) is 0 Å². The SMILES string of the molecule is O=C(O)CC(O)(CC(=O)O)C(=O)O.O=C(O)CC(O)(CC(=O)O)C(=O)O.O=C(O)CC(O)(CC(=O)O)C(=O)O.O=C(O)CC(O)(CC(=O)O)C(=O)O.O=C(O)CC(O)(CC(=O)O)C(=O)O.O=C(O)CC(O)(CC(=O)O)C(=O)O.O=C(O)CC(O)(CC(=O)O)C(=O)O. The number of rotatable bonds is 35. The number of carboxylic acid groups (broad SMARTS) is 21. The smallest absolute Gasteiger partial charge is 0.336 e. The Morgan fingerprint density at radius 1 is 0.132 bits per heavy atom. The van der Waals surface area contributed by atoms with Gasteiger partial charge in [0.2, 0.25) is 0 Å². The summed E-state index contributed by atoms with van der Waals surface area (Å²) in [4.78, 5) is 213. The molecule has 28 N–H and O–H groups in total. The summed E-state index contributed by atoms with van der Waals surface area (Å²) in [7, 11) is 0. The summed E-state index contributed by atoms with van der Waals surface area (Å²) < 4.78 is 0. The van der Waals surface area contributed by atoms with Crippen molar-refractivity contribution in [3.05, 3.63) is 0 Å². The molecule has 0 aromatic heterocycles. The summed E-state index contributed by atoms with van der Waals surface area (Å²) in [5, 5.41) is 237. The molecule has 0 fully saturated rings. The molecule has 0 aliphatic rings. The number of carboxylic acids is 21. The van der Waals surface area contributed by atoms with Gasteiger partial charge in [-0.25, -0.2) is 33.6 Å². The molecule has 0 aliphatic carbocycles. The Balaban J connectivity index is -0.000000181. The average molecular weight is 1340 g/mol. The van der Waals surface area contributed by atoms with Gasteiger partial charge in [0, 0.05) is 0 Å². The van der Waals surface area contributed by atoms with Crippen LogP contribution in [-0.2, 0) is 101 Å². The van der Waals surface area contributed by atoms with Crippen molar-refractivity contribution in [2.24, 2.45) is 0 Å². The van der Waals surface area contributed by atoms with Gasteiger partial charge in [-0.1, -0.05) is 0 Å². The molecule has 0 spiro atoms. The minimum Gasteiger partial charge on any atom is -0.481 e. The molecule has 0 bridgehead atoms. The van der Waals surface area contributed by atoms with Crippen molar-refractivity contribution < 1.29 is 244 Å². The third kappa shape index (κ3) is 45.6. The van der Waals surface area contributed by atoms with Crippen LogP contribution in [0.4, 0.5) is 0 Å². The van der Waals surface area contributed by atoms with Crippen molar-refractivity contribution in [3.63, 3.8) is 0 Å². The molecule has 0 amide bonds. The largest absolute Gasteiger partial charge is 0.481 e.